The average molecular weight is 426 g/mol. The molecule has 2 N–H and O–H groups in total. The third-order valence-corrected chi connectivity index (χ3v) is 5.54. The molecule has 0 atom stereocenters. The van der Waals surface area contributed by atoms with Gasteiger partial charge in [0.15, 0.2) is 17.0 Å². The molecule has 0 amide bonds. The Labute approximate surface area is 178 Å². The number of benzene rings is 1. The molecular weight excluding hydrogens is 400 g/mol. The molecule has 10 nitrogen and oxygen atoms in total. The number of ether oxygens (including phenoxy) is 1. The van der Waals surface area contributed by atoms with Crippen LogP contribution in [0.1, 0.15) is 31.7 Å². The zero-order valence-electron chi connectivity index (χ0n) is 17.5. The van der Waals surface area contributed by atoms with Crippen molar-refractivity contribution in [3.63, 3.8) is 0 Å². The van der Waals surface area contributed by atoms with Gasteiger partial charge in [0.05, 0.1) is 6.61 Å². The number of fused-ring (bicyclic) bond motifs is 1. The Morgan fingerprint density at radius 1 is 1.13 bits per heavy atom. The van der Waals surface area contributed by atoms with Gasteiger partial charge >= 0.3 is 5.69 Å². The van der Waals surface area contributed by atoms with Crippen LogP contribution in [0.25, 0.3) is 22.6 Å². The second-order valence-corrected chi connectivity index (χ2v) is 7.61. The number of rotatable bonds is 8. The molecule has 0 radical (unpaired) electrons. The van der Waals surface area contributed by atoms with Gasteiger partial charge in [0, 0.05) is 31.7 Å². The molecule has 1 saturated carbocycles. The van der Waals surface area contributed by atoms with Crippen molar-refractivity contribution >= 4 is 11.2 Å². The van der Waals surface area contributed by atoms with E-state index in [-0.39, 0.29) is 29.5 Å². The number of hydrogen-bond acceptors (Lipinski definition) is 8. The van der Waals surface area contributed by atoms with Gasteiger partial charge in [0.2, 0.25) is 0 Å². The molecule has 4 rings (SSSR count). The van der Waals surface area contributed by atoms with E-state index < -0.39 is 5.56 Å². The Balaban J connectivity index is 1.62. The van der Waals surface area contributed by atoms with Gasteiger partial charge in [-0.2, -0.15) is 0 Å². The summed E-state index contributed by atoms with van der Waals surface area (Å²) in [7, 11) is 1.47. The lowest BCUT2D eigenvalue weighted by Crippen LogP contribution is -2.40. The van der Waals surface area contributed by atoms with Crippen LogP contribution in [0.15, 0.2) is 33.9 Å². The number of hydrogen-bond donors (Lipinski definition) is 2. The van der Waals surface area contributed by atoms with Crippen LogP contribution in [-0.2, 0) is 7.05 Å². The highest BCUT2D eigenvalue weighted by Crippen LogP contribution is 2.29. The molecule has 1 aliphatic carbocycles. The molecule has 3 aromatic rings. The maximum Gasteiger partial charge on any atom is 0.332 e. The zero-order valence-corrected chi connectivity index (χ0v) is 17.5. The monoisotopic (exact) mass is 426 g/mol. The molecule has 2 aromatic heterocycles. The highest BCUT2D eigenvalue weighted by Gasteiger charge is 2.24. The zero-order chi connectivity index (χ0) is 21.8. The quantitative estimate of drug-likeness (QED) is 0.503. The predicted octanol–water partition coefficient (Wildman–Crippen LogP) is 0.628. The van der Waals surface area contributed by atoms with Crippen molar-refractivity contribution in [2.24, 2.45) is 7.05 Å². The first-order valence-corrected chi connectivity index (χ1v) is 10.5. The fourth-order valence-electron chi connectivity index (χ4n) is 3.88. The Hall–Kier alpha value is -3.11. The standard InChI is InChI=1S/C21H26N6O4/c1-26-20(29)17-19(27(21(26)30)15-4-2-3-5-15)25-24-18(23-17)14-6-8-16(9-7-14)31-13-11-22-10-12-28/h6-9,15,22,28H,2-5,10-13H2,1H3. The summed E-state index contributed by atoms with van der Waals surface area (Å²) in [6, 6.07) is 7.22. The van der Waals surface area contributed by atoms with E-state index in [0.717, 1.165) is 30.3 Å². The fraction of sp³-hybridized carbons (Fsp3) is 0.476. The lowest BCUT2D eigenvalue weighted by atomic mass is 10.2. The van der Waals surface area contributed by atoms with Crippen LogP contribution in [-0.4, -0.2) is 55.7 Å². The minimum Gasteiger partial charge on any atom is -0.492 e. The predicted molar refractivity (Wildman–Crippen MR) is 115 cm³/mol. The maximum atomic E-state index is 12.7. The van der Waals surface area contributed by atoms with E-state index in [4.69, 9.17) is 9.84 Å². The molecule has 10 heteroatoms. The van der Waals surface area contributed by atoms with Crippen LogP contribution in [0.2, 0.25) is 0 Å². The molecule has 0 spiro atoms. The Morgan fingerprint density at radius 2 is 1.87 bits per heavy atom. The van der Waals surface area contributed by atoms with E-state index >= 15 is 0 Å². The Bertz CT molecular complexity index is 1170. The minimum absolute atomic E-state index is 0.0204. The van der Waals surface area contributed by atoms with Crippen LogP contribution >= 0.6 is 0 Å². The van der Waals surface area contributed by atoms with Crippen molar-refractivity contribution in [1.82, 2.24) is 29.6 Å². The Kier molecular flexibility index (Phi) is 6.38. The highest BCUT2D eigenvalue weighted by molar-refractivity contribution is 5.71. The fourth-order valence-corrected chi connectivity index (χ4v) is 3.88. The van der Waals surface area contributed by atoms with Crippen LogP contribution in [0, 0.1) is 0 Å². The van der Waals surface area contributed by atoms with Gasteiger partial charge < -0.3 is 15.2 Å². The van der Waals surface area contributed by atoms with Gasteiger partial charge in [-0.1, -0.05) is 12.8 Å². The summed E-state index contributed by atoms with van der Waals surface area (Å²) in [6.07, 6.45) is 3.86. The van der Waals surface area contributed by atoms with E-state index in [2.05, 4.69) is 20.5 Å². The number of nitrogens with one attached hydrogen (secondary N) is 1. The van der Waals surface area contributed by atoms with Crippen molar-refractivity contribution in [2.45, 2.75) is 31.7 Å². The minimum atomic E-state index is -0.472. The van der Waals surface area contributed by atoms with E-state index in [0.29, 0.717) is 36.8 Å². The molecule has 1 fully saturated rings. The van der Waals surface area contributed by atoms with Crippen molar-refractivity contribution in [2.75, 3.05) is 26.3 Å². The van der Waals surface area contributed by atoms with Gasteiger partial charge in [-0.05, 0) is 37.1 Å². The van der Waals surface area contributed by atoms with Gasteiger partial charge in [-0.15, -0.1) is 10.2 Å². The van der Waals surface area contributed by atoms with Crippen molar-refractivity contribution in [3.05, 3.63) is 45.1 Å². The summed E-state index contributed by atoms with van der Waals surface area (Å²) in [6.45, 7) is 1.73. The third-order valence-electron chi connectivity index (χ3n) is 5.54. The van der Waals surface area contributed by atoms with E-state index in [1.807, 2.05) is 0 Å². The van der Waals surface area contributed by atoms with E-state index in [1.165, 1.54) is 7.05 Å². The van der Waals surface area contributed by atoms with Crippen LogP contribution in [0.4, 0.5) is 0 Å². The summed E-state index contributed by atoms with van der Waals surface area (Å²) in [5, 5.41) is 20.2. The lowest BCUT2D eigenvalue weighted by Gasteiger charge is -2.16. The second-order valence-electron chi connectivity index (χ2n) is 7.61. The highest BCUT2D eigenvalue weighted by atomic mass is 16.5. The summed E-state index contributed by atoms with van der Waals surface area (Å²) in [4.78, 5) is 29.9. The van der Waals surface area contributed by atoms with Gasteiger partial charge in [-0.3, -0.25) is 13.9 Å². The van der Waals surface area contributed by atoms with Gasteiger partial charge in [-0.25, -0.2) is 9.78 Å². The normalized spacial score (nSPS) is 14.4. The molecule has 0 aliphatic heterocycles. The van der Waals surface area contributed by atoms with Gasteiger partial charge in [0.1, 0.15) is 12.4 Å². The van der Waals surface area contributed by atoms with Gasteiger partial charge in [0.25, 0.3) is 5.56 Å². The number of aliphatic hydroxyl groups excluding tert-OH is 1. The van der Waals surface area contributed by atoms with Crippen molar-refractivity contribution < 1.29 is 9.84 Å². The molecule has 2 heterocycles. The molecule has 0 saturated heterocycles. The summed E-state index contributed by atoms with van der Waals surface area (Å²) < 4.78 is 8.32. The SMILES string of the molecule is Cn1c(=O)c2nc(-c3ccc(OCCNCCO)cc3)nnc2n(C2CCCC2)c1=O. The molecule has 164 valence electrons. The largest absolute Gasteiger partial charge is 0.492 e. The van der Waals surface area contributed by atoms with Crippen LogP contribution in [0.5, 0.6) is 5.75 Å². The summed E-state index contributed by atoms with van der Waals surface area (Å²) in [5.74, 6) is 1.01. The molecular formula is C21H26N6O4. The molecule has 31 heavy (non-hydrogen) atoms. The summed E-state index contributed by atoms with van der Waals surface area (Å²) in [5.41, 5.74) is 0.248. The van der Waals surface area contributed by atoms with Crippen LogP contribution < -0.4 is 21.3 Å². The van der Waals surface area contributed by atoms with E-state index in [1.54, 1.807) is 28.8 Å². The smallest absolute Gasteiger partial charge is 0.332 e. The average Bonchev–Trinajstić information content (AvgIpc) is 3.32. The van der Waals surface area contributed by atoms with Crippen molar-refractivity contribution in [1.29, 1.82) is 0 Å². The van der Waals surface area contributed by atoms with Crippen molar-refractivity contribution in [3.8, 4) is 17.1 Å². The molecule has 0 bridgehead atoms. The maximum absolute atomic E-state index is 12.7. The first-order chi connectivity index (χ1) is 15.1. The van der Waals surface area contributed by atoms with Crippen LogP contribution in [0.3, 0.4) is 0 Å². The second kappa shape index (κ2) is 9.36. The topological polar surface area (TPSA) is 124 Å². The number of aromatic nitrogens is 5. The number of nitrogens with zero attached hydrogens (tertiary/aromatic N) is 5. The molecule has 1 aromatic carbocycles. The first-order valence-electron chi connectivity index (χ1n) is 10.5. The molecule has 0 unspecified atom stereocenters. The Morgan fingerprint density at radius 3 is 2.58 bits per heavy atom. The number of aliphatic hydroxyl groups is 1. The van der Waals surface area contributed by atoms with E-state index in [9.17, 15) is 9.59 Å². The summed E-state index contributed by atoms with van der Waals surface area (Å²) >= 11 is 0. The third kappa shape index (κ3) is 4.35. The molecule has 1 aliphatic rings. The lowest BCUT2D eigenvalue weighted by molar-refractivity contribution is 0.276. The first kappa shape index (κ1) is 21.1.